The van der Waals surface area contributed by atoms with Crippen molar-refractivity contribution in [1.82, 2.24) is 5.16 Å². The molecule has 2 aliphatic rings. The van der Waals surface area contributed by atoms with Crippen molar-refractivity contribution < 1.29 is 14.4 Å². The zero-order valence-electron chi connectivity index (χ0n) is 22.9. The van der Waals surface area contributed by atoms with Gasteiger partial charge in [-0.15, -0.1) is 0 Å². The Morgan fingerprint density at radius 2 is 1.71 bits per heavy atom. The van der Waals surface area contributed by atoms with Gasteiger partial charge >= 0.3 is 0 Å². The Morgan fingerprint density at radius 3 is 2.41 bits per heavy atom. The van der Waals surface area contributed by atoms with Gasteiger partial charge in [0.05, 0.1) is 11.3 Å². The molecule has 6 rings (SSSR count). The summed E-state index contributed by atoms with van der Waals surface area (Å²) < 4.78 is 5.14. The monoisotopic (exact) mass is 546 g/mol. The van der Waals surface area contributed by atoms with Crippen molar-refractivity contribution in [1.29, 1.82) is 5.26 Å². The summed E-state index contributed by atoms with van der Waals surface area (Å²) in [7, 11) is 0. The van der Waals surface area contributed by atoms with E-state index >= 15 is 0 Å². The summed E-state index contributed by atoms with van der Waals surface area (Å²) in [5.41, 5.74) is 9.16. The number of nitrogens with zero attached hydrogens (tertiary/aromatic N) is 3. The largest absolute Gasteiger partial charge is 0.370 e. The molecular formula is C32H30N6O3. The summed E-state index contributed by atoms with van der Waals surface area (Å²) in [4.78, 5) is 15.2. The highest BCUT2D eigenvalue weighted by Gasteiger charge is 2.27. The number of rotatable bonds is 5. The molecule has 3 aromatic carbocycles. The SMILES string of the molecule is Cc1noc(C)c1NC(O)Nc1ccc(N2CCC(=C3c4ccccc4NC(=O)c4ccccc43)CC2)c(C#N)c1. The lowest BCUT2D eigenvalue weighted by Crippen LogP contribution is -2.32. The first-order valence-corrected chi connectivity index (χ1v) is 13.6. The molecule has 1 atom stereocenters. The molecule has 0 saturated carbocycles. The minimum Gasteiger partial charge on any atom is -0.370 e. The number of aryl methyl sites for hydroxylation is 2. The highest BCUT2D eigenvalue weighted by atomic mass is 16.5. The third-order valence-corrected chi connectivity index (χ3v) is 7.68. The molecule has 1 fully saturated rings. The average Bonchev–Trinajstić information content (AvgIpc) is 3.23. The third kappa shape index (κ3) is 5.01. The molecular weight excluding hydrogens is 516 g/mol. The molecule has 0 bridgehead atoms. The van der Waals surface area contributed by atoms with Gasteiger partial charge in [-0.25, -0.2) is 0 Å². The van der Waals surface area contributed by atoms with E-state index in [0.29, 0.717) is 34.0 Å². The second-order valence-corrected chi connectivity index (χ2v) is 10.2. The van der Waals surface area contributed by atoms with Gasteiger partial charge in [0.1, 0.15) is 17.5 Å². The summed E-state index contributed by atoms with van der Waals surface area (Å²) in [6, 6.07) is 23.6. The topological polar surface area (TPSA) is 126 Å². The highest BCUT2D eigenvalue weighted by Crippen LogP contribution is 2.40. The van der Waals surface area contributed by atoms with Gasteiger partial charge in [-0.1, -0.05) is 47.1 Å². The number of nitriles is 1. The Bertz CT molecular complexity index is 1690. The zero-order valence-corrected chi connectivity index (χ0v) is 22.9. The molecule has 0 spiro atoms. The molecule has 206 valence electrons. The van der Waals surface area contributed by atoms with Crippen LogP contribution in [0, 0.1) is 25.2 Å². The second kappa shape index (κ2) is 10.8. The fraction of sp³-hybridized carbons (Fsp3) is 0.219. The van der Waals surface area contributed by atoms with Crippen LogP contribution in [-0.4, -0.2) is 35.6 Å². The van der Waals surface area contributed by atoms with Crippen molar-refractivity contribution in [3.63, 3.8) is 0 Å². The van der Waals surface area contributed by atoms with Crippen LogP contribution < -0.4 is 20.9 Å². The van der Waals surface area contributed by atoms with Crippen molar-refractivity contribution >= 4 is 34.2 Å². The number of aromatic nitrogens is 1. The zero-order chi connectivity index (χ0) is 28.5. The standard InChI is InChI=1S/C32H30N6O3/c1-19-30(20(2)41-37-19)36-32(40)34-23-11-12-28(22(17-23)18-33)38-15-13-21(14-16-38)29-24-7-3-4-8-25(24)31(39)35-27-10-6-5-9-26(27)29/h3-12,17,32,34,36,40H,13-16H2,1-2H3,(H,35,39). The molecule has 0 aliphatic carbocycles. The number of fused-ring (bicyclic) bond motifs is 2. The number of hydrogen-bond acceptors (Lipinski definition) is 8. The van der Waals surface area contributed by atoms with E-state index in [9.17, 15) is 15.2 Å². The Kier molecular flexibility index (Phi) is 6.91. The molecule has 2 aliphatic heterocycles. The summed E-state index contributed by atoms with van der Waals surface area (Å²) in [5.74, 6) is 0.481. The van der Waals surface area contributed by atoms with Crippen molar-refractivity contribution in [3.05, 3.63) is 106 Å². The van der Waals surface area contributed by atoms with Crippen LogP contribution in [0.1, 0.15) is 51.3 Å². The van der Waals surface area contributed by atoms with Gasteiger partial charge in [-0.2, -0.15) is 5.26 Å². The maximum absolute atomic E-state index is 13.0. The van der Waals surface area contributed by atoms with E-state index in [4.69, 9.17) is 4.52 Å². The summed E-state index contributed by atoms with van der Waals surface area (Å²) in [6.45, 7) is 5.03. The number of piperidine rings is 1. The molecule has 1 unspecified atom stereocenters. The van der Waals surface area contributed by atoms with Crippen LogP contribution >= 0.6 is 0 Å². The maximum Gasteiger partial charge on any atom is 0.256 e. The Balaban J connectivity index is 1.23. The first-order valence-electron chi connectivity index (χ1n) is 13.6. The molecule has 4 aromatic rings. The van der Waals surface area contributed by atoms with Crippen molar-refractivity contribution in [2.24, 2.45) is 0 Å². The number of carbonyl (C=O) groups is 1. The molecule has 1 saturated heterocycles. The molecule has 9 heteroatoms. The lowest BCUT2D eigenvalue weighted by molar-refractivity contribution is 0.102. The fourth-order valence-electron chi connectivity index (χ4n) is 5.70. The molecule has 1 amide bonds. The number of hydrogen-bond donors (Lipinski definition) is 4. The van der Waals surface area contributed by atoms with Crippen LogP contribution in [-0.2, 0) is 0 Å². The van der Waals surface area contributed by atoms with E-state index in [0.717, 1.165) is 54.0 Å². The number of benzene rings is 3. The first kappa shape index (κ1) is 26.2. The van der Waals surface area contributed by atoms with Crippen LogP contribution in [0.15, 0.2) is 76.8 Å². The van der Waals surface area contributed by atoms with Crippen molar-refractivity contribution in [2.45, 2.75) is 33.0 Å². The van der Waals surface area contributed by atoms with Crippen LogP contribution in [0.3, 0.4) is 0 Å². The lowest BCUT2D eigenvalue weighted by Gasteiger charge is -2.33. The second-order valence-electron chi connectivity index (χ2n) is 10.2. The van der Waals surface area contributed by atoms with Gasteiger partial charge in [-0.3, -0.25) is 4.79 Å². The quantitative estimate of drug-likeness (QED) is 0.237. The Morgan fingerprint density at radius 1 is 1.00 bits per heavy atom. The number of amides is 1. The normalized spacial score (nSPS) is 15.3. The van der Waals surface area contributed by atoms with Crippen molar-refractivity contribution in [3.8, 4) is 6.07 Å². The molecule has 3 heterocycles. The van der Waals surface area contributed by atoms with Crippen LogP contribution in [0.4, 0.5) is 22.7 Å². The number of carbonyl (C=O) groups excluding carboxylic acids is 1. The number of aliphatic hydroxyl groups excluding tert-OH is 1. The number of aliphatic hydroxyl groups is 1. The molecule has 4 N–H and O–H groups in total. The lowest BCUT2D eigenvalue weighted by atomic mass is 9.86. The predicted molar refractivity (Wildman–Crippen MR) is 159 cm³/mol. The van der Waals surface area contributed by atoms with E-state index < -0.39 is 6.35 Å². The maximum atomic E-state index is 13.0. The fourth-order valence-corrected chi connectivity index (χ4v) is 5.70. The van der Waals surface area contributed by atoms with Gasteiger partial charge in [-0.05, 0) is 68.2 Å². The van der Waals surface area contributed by atoms with E-state index in [-0.39, 0.29) is 5.91 Å². The molecule has 41 heavy (non-hydrogen) atoms. The Labute approximate surface area is 238 Å². The number of anilines is 4. The smallest absolute Gasteiger partial charge is 0.256 e. The summed E-state index contributed by atoms with van der Waals surface area (Å²) in [5, 5.41) is 33.4. The van der Waals surface area contributed by atoms with Gasteiger partial charge in [0, 0.05) is 35.6 Å². The summed E-state index contributed by atoms with van der Waals surface area (Å²) in [6.07, 6.45) is 0.508. The molecule has 1 aromatic heterocycles. The van der Waals surface area contributed by atoms with E-state index in [1.165, 1.54) is 5.57 Å². The molecule has 9 nitrogen and oxygen atoms in total. The first-order chi connectivity index (χ1) is 19.9. The van der Waals surface area contributed by atoms with Crippen LogP contribution in [0.25, 0.3) is 5.57 Å². The van der Waals surface area contributed by atoms with Crippen molar-refractivity contribution in [2.75, 3.05) is 33.9 Å². The van der Waals surface area contributed by atoms with Gasteiger partial charge in [0.2, 0.25) is 6.35 Å². The van der Waals surface area contributed by atoms with E-state index in [1.807, 2.05) is 54.6 Å². The van der Waals surface area contributed by atoms with Crippen LogP contribution in [0.2, 0.25) is 0 Å². The highest BCUT2D eigenvalue weighted by molar-refractivity contribution is 6.13. The number of para-hydroxylation sites is 1. The third-order valence-electron chi connectivity index (χ3n) is 7.68. The average molecular weight is 547 g/mol. The summed E-state index contributed by atoms with van der Waals surface area (Å²) >= 11 is 0. The predicted octanol–water partition coefficient (Wildman–Crippen LogP) is 5.63. The number of nitrogens with one attached hydrogen (secondary N) is 3. The van der Waals surface area contributed by atoms with Gasteiger partial charge in [0.15, 0.2) is 5.76 Å². The molecule has 0 radical (unpaired) electrons. The van der Waals surface area contributed by atoms with Gasteiger partial charge in [0.25, 0.3) is 5.91 Å². The minimum absolute atomic E-state index is 0.0968. The minimum atomic E-state index is -1.10. The van der Waals surface area contributed by atoms with E-state index in [2.05, 4.69) is 38.1 Å². The van der Waals surface area contributed by atoms with Gasteiger partial charge < -0.3 is 30.5 Å². The van der Waals surface area contributed by atoms with Crippen LogP contribution in [0.5, 0.6) is 0 Å². The van der Waals surface area contributed by atoms with E-state index in [1.54, 1.807) is 19.9 Å². The Hall–Kier alpha value is -5.07.